The summed E-state index contributed by atoms with van der Waals surface area (Å²) in [5, 5.41) is -0.0267. The van der Waals surface area contributed by atoms with Gasteiger partial charge in [-0.1, -0.05) is 0 Å². The molecule has 0 spiro atoms. The van der Waals surface area contributed by atoms with Gasteiger partial charge >= 0.3 is 17.5 Å². The molecule has 6 nitrogen and oxygen atoms in total. The van der Waals surface area contributed by atoms with E-state index < -0.39 is 29.5 Å². The number of fused-ring (bicyclic) bond motifs is 1. The molecule has 0 aliphatic carbocycles. The molecule has 2 rings (SSSR count). The van der Waals surface area contributed by atoms with E-state index in [1.165, 1.54) is 0 Å². The fourth-order valence-corrected chi connectivity index (χ4v) is 2.02. The molecule has 21 heavy (non-hydrogen) atoms. The summed E-state index contributed by atoms with van der Waals surface area (Å²) >= 11 is 0. The lowest BCUT2D eigenvalue weighted by atomic mass is 10.1. The van der Waals surface area contributed by atoms with Gasteiger partial charge in [-0.15, -0.1) is 0 Å². The Morgan fingerprint density at radius 1 is 1.10 bits per heavy atom. The van der Waals surface area contributed by atoms with E-state index in [-0.39, 0.29) is 35.9 Å². The topological polar surface area (TPSA) is 95.9 Å². The van der Waals surface area contributed by atoms with Crippen molar-refractivity contribution in [3.8, 4) is 0 Å². The van der Waals surface area contributed by atoms with Crippen molar-refractivity contribution in [2.24, 2.45) is 0 Å². The van der Waals surface area contributed by atoms with Crippen LogP contribution in [0.25, 0.3) is 11.1 Å². The fraction of sp³-hybridized carbons (Fsp3) is 0.417. The third kappa shape index (κ3) is 3.83. The molecule has 0 fully saturated rings. The second-order valence-corrected chi connectivity index (χ2v) is 4.53. The second-order valence-electron chi connectivity index (χ2n) is 4.53. The van der Waals surface area contributed by atoms with E-state index in [2.05, 4.69) is 4.98 Å². The zero-order valence-corrected chi connectivity index (χ0v) is 10.7. The van der Waals surface area contributed by atoms with Crippen LogP contribution in [0.15, 0.2) is 24.9 Å². The molecular formula is C12H11F3N2O4. The molecule has 2 heterocycles. The van der Waals surface area contributed by atoms with Gasteiger partial charge < -0.3 is 4.42 Å². The monoisotopic (exact) mass is 304 g/mol. The van der Waals surface area contributed by atoms with Crippen molar-refractivity contribution in [1.29, 1.82) is 0 Å². The zero-order valence-electron chi connectivity index (χ0n) is 10.7. The summed E-state index contributed by atoms with van der Waals surface area (Å²) < 4.78 is 40.9. The Morgan fingerprint density at radius 2 is 1.81 bits per heavy atom. The minimum atomic E-state index is -4.24. The van der Waals surface area contributed by atoms with E-state index in [1.807, 2.05) is 4.98 Å². The summed E-state index contributed by atoms with van der Waals surface area (Å²) in [5.74, 6) is 0. The van der Waals surface area contributed by atoms with Crippen LogP contribution in [0.5, 0.6) is 0 Å². The molecule has 0 aromatic carbocycles. The molecule has 114 valence electrons. The van der Waals surface area contributed by atoms with Gasteiger partial charge in [-0.2, -0.15) is 13.2 Å². The normalized spacial score (nSPS) is 12.0. The third-order valence-corrected chi connectivity index (χ3v) is 2.88. The first-order chi connectivity index (χ1) is 9.76. The van der Waals surface area contributed by atoms with E-state index in [0.717, 1.165) is 6.07 Å². The predicted molar refractivity (Wildman–Crippen MR) is 67.3 cm³/mol. The highest BCUT2D eigenvalue weighted by Gasteiger charge is 2.25. The fourth-order valence-electron chi connectivity index (χ4n) is 2.02. The maximum Gasteiger partial charge on any atom is 0.389 e. The average Bonchev–Trinajstić information content (AvgIpc) is 2.31. The van der Waals surface area contributed by atoms with Crippen molar-refractivity contribution in [3.63, 3.8) is 0 Å². The lowest BCUT2D eigenvalue weighted by molar-refractivity contribution is -0.135. The summed E-state index contributed by atoms with van der Waals surface area (Å²) in [5.41, 5.74) is -2.38. The van der Waals surface area contributed by atoms with Crippen molar-refractivity contribution < 1.29 is 17.6 Å². The van der Waals surface area contributed by atoms with Gasteiger partial charge in [0.25, 0.3) is 5.56 Å². The first-order valence-corrected chi connectivity index (χ1v) is 6.12. The Morgan fingerprint density at radius 3 is 2.48 bits per heavy atom. The van der Waals surface area contributed by atoms with Crippen molar-refractivity contribution in [2.45, 2.75) is 31.9 Å². The summed E-state index contributed by atoms with van der Waals surface area (Å²) in [6.45, 7) is 0. The number of H-pyrrole nitrogens is 2. The van der Waals surface area contributed by atoms with Crippen molar-refractivity contribution in [3.05, 3.63) is 42.9 Å². The van der Waals surface area contributed by atoms with Gasteiger partial charge in [0, 0.05) is 12.5 Å². The highest BCUT2D eigenvalue weighted by molar-refractivity contribution is 5.75. The molecule has 0 amide bonds. The van der Waals surface area contributed by atoms with Gasteiger partial charge in [0.05, 0.1) is 0 Å². The number of aromatic nitrogens is 2. The molecule has 0 bridgehead atoms. The molecule has 0 atom stereocenters. The quantitative estimate of drug-likeness (QED) is 0.835. The maximum atomic E-state index is 12.0. The molecule has 2 N–H and O–H groups in total. The highest BCUT2D eigenvalue weighted by atomic mass is 19.4. The lowest BCUT2D eigenvalue weighted by Crippen LogP contribution is -2.24. The Bertz CT molecular complexity index is 811. The number of alkyl halides is 3. The first kappa shape index (κ1) is 15.1. The van der Waals surface area contributed by atoms with Gasteiger partial charge in [0.15, 0.2) is 0 Å². The number of hydrogen-bond acceptors (Lipinski definition) is 4. The number of nitrogens with one attached hydrogen (secondary N) is 2. The minimum Gasteiger partial charge on any atom is -0.405 e. The molecule has 0 saturated carbocycles. The molecule has 0 unspecified atom stereocenters. The van der Waals surface area contributed by atoms with Gasteiger partial charge in [-0.05, 0) is 24.8 Å². The number of unbranched alkanes of at least 4 members (excludes halogenated alkanes) is 1. The Balaban J connectivity index is 2.29. The molecule has 2 aromatic rings. The van der Waals surface area contributed by atoms with E-state index in [4.69, 9.17) is 4.42 Å². The highest BCUT2D eigenvalue weighted by Crippen LogP contribution is 2.23. The predicted octanol–water partition coefficient (Wildman–Crippen LogP) is 1.44. The number of hydrogen-bond donors (Lipinski definition) is 2. The van der Waals surface area contributed by atoms with E-state index in [9.17, 15) is 27.6 Å². The molecule has 0 aliphatic rings. The number of rotatable bonds is 4. The molecule has 0 saturated heterocycles. The zero-order chi connectivity index (χ0) is 15.6. The van der Waals surface area contributed by atoms with E-state index in [1.54, 1.807) is 0 Å². The van der Waals surface area contributed by atoms with Crippen LogP contribution in [-0.2, 0) is 6.42 Å². The summed E-state index contributed by atoms with van der Waals surface area (Å²) in [7, 11) is 0. The van der Waals surface area contributed by atoms with Crippen LogP contribution >= 0.6 is 0 Å². The van der Waals surface area contributed by atoms with Crippen LogP contribution in [0.3, 0.4) is 0 Å². The van der Waals surface area contributed by atoms with E-state index >= 15 is 0 Å². The lowest BCUT2D eigenvalue weighted by Gasteiger charge is -2.06. The Kier molecular flexibility index (Phi) is 4.01. The van der Waals surface area contributed by atoms with Crippen molar-refractivity contribution in [2.75, 3.05) is 0 Å². The van der Waals surface area contributed by atoms with Gasteiger partial charge in [-0.25, -0.2) is 9.59 Å². The second kappa shape index (κ2) is 5.58. The Hall–Kier alpha value is -2.32. The summed E-state index contributed by atoms with van der Waals surface area (Å²) in [6, 6.07) is 1.05. The van der Waals surface area contributed by atoms with Crippen LogP contribution in [0, 0.1) is 0 Å². The molecule has 9 heteroatoms. The number of halogens is 3. The van der Waals surface area contributed by atoms with Gasteiger partial charge in [0.1, 0.15) is 5.39 Å². The third-order valence-electron chi connectivity index (χ3n) is 2.88. The van der Waals surface area contributed by atoms with Crippen LogP contribution in [0.4, 0.5) is 13.2 Å². The largest absolute Gasteiger partial charge is 0.405 e. The number of aromatic amines is 2. The molecular weight excluding hydrogens is 293 g/mol. The molecule has 2 aromatic heterocycles. The van der Waals surface area contributed by atoms with Gasteiger partial charge in [0.2, 0.25) is 5.71 Å². The summed E-state index contributed by atoms with van der Waals surface area (Å²) in [6.07, 6.45) is -5.03. The smallest absolute Gasteiger partial charge is 0.389 e. The van der Waals surface area contributed by atoms with Crippen LogP contribution in [0.2, 0.25) is 0 Å². The van der Waals surface area contributed by atoms with Crippen LogP contribution in [0.1, 0.15) is 24.8 Å². The van der Waals surface area contributed by atoms with Crippen molar-refractivity contribution >= 4 is 11.1 Å². The van der Waals surface area contributed by atoms with E-state index in [0.29, 0.717) is 0 Å². The first-order valence-electron chi connectivity index (χ1n) is 6.12. The molecule has 0 radical (unpaired) electrons. The number of aryl methyl sites for hydroxylation is 1. The maximum absolute atomic E-state index is 12.0. The standard InChI is InChI=1S/C12H11F3N2O4/c13-12(14,15)4-2-1-3-6-5-7(18)21-10-8(6)9(19)16-11(20)17-10/h5H,1-4H2,(H2,16,17,19,20). The van der Waals surface area contributed by atoms with Crippen molar-refractivity contribution in [1.82, 2.24) is 9.97 Å². The Labute approximate surface area is 114 Å². The van der Waals surface area contributed by atoms with Crippen LogP contribution < -0.4 is 16.9 Å². The average molecular weight is 304 g/mol. The minimum absolute atomic E-state index is 0.0267. The molecule has 0 aliphatic heterocycles. The SMILES string of the molecule is O=c1[nH]c(=O)c2c(CCCCC(F)(F)F)cc(=O)oc2[nH]1. The summed E-state index contributed by atoms with van der Waals surface area (Å²) in [4.78, 5) is 38.3. The van der Waals surface area contributed by atoms with Crippen LogP contribution in [-0.4, -0.2) is 16.1 Å². The van der Waals surface area contributed by atoms with Gasteiger partial charge in [-0.3, -0.25) is 14.8 Å².